The van der Waals surface area contributed by atoms with Crippen LogP contribution in [0.25, 0.3) is 0 Å². The summed E-state index contributed by atoms with van der Waals surface area (Å²) in [5, 5.41) is 22.6. The van der Waals surface area contributed by atoms with Gasteiger partial charge in [0, 0.05) is 17.3 Å². The molecule has 6 aliphatic rings. The monoisotopic (exact) mass is 468 g/mol. The molecule has 4 heteroatoms. The summed E-state index contributed by atoms with van der Waals surface area (Å²) in [6, 6.07) is 0. The van der Waals surface area contributed by atoms with Gasteiger partial charge in [0.05, 0.1) is 12.2 Å². The van der Waals surface area contributed by atoms with Crippen LogP contribution in [-0.2, 0) is 9.53 Å². The predicted molar refractivity (Wildman–Crippen MR) is 132 cm³/mol. The van der Waals surface area contributed by atoms with Gasteiger partial charge in [-0.15, -0.1) is 0 Å². The fourth-order valence-corrected chi connectivity index (χ4v) is 10.4. The van der Waals surface area contributed by atoms with Crippen molar-refractivity contribution in [3.8, 4) is 0 Å². The Morgan fingerprint density at radius 3 is 2.35 bits per heavy atom. The van der Waals surface area contributed by atoms with Crippen molar-refractivity contribution in [3.63, 3.8) is 0 Å². The fourth-order valence-electron chi connectivity index (χ4n) is 10.4. The van der Waals surface area contributed by atoms with Gasteiger partial charge in [-0.2, -0.15) is 0 Å². The highest BCUT2D eigenvalue weighted by Crippen LogP contribution is 2.74. The number of rotatable bonds is 0. The van der Waals surface area contributed by atoms with Crippen molar-refractivity contribution in [2.75, 3.05) is 0 Å². The summed E-state index contributed by atoms with van der Waals surface area (Å²) >= 11 is 0. The Hall–Kier alpha value is -1.13. The molecule has 5 aliphatic carbocycles. The zero-order valence-corrected chi connectivity index (χ0v) is 22.2. The lowest BCUT2D eigenvalue weighted by atomic mass is 9.35. The highest BCUT2D eigenvalue weighted by molar-refractivity contribution is 5.86. The average Bonchev–Trinajstić information content (AvgIpc) is 3.05. The van der Waals surface area contributed by atoms with Gasteiger partial charge in [0.2, 0.25) is 0 Å². The average molecular weight is 469 g/mol. The summed E-state index contributed by atoms with van der Waals surface area (Å²) in [5.41, 5.74) is 1.36. The normalized spacial score (nSPS) is 54.5. The lowest BCUT2D eigenvalue weighted by molar-refractivity contribution is -0.188. The Kier molecular flexibility index (Phi) is 4.38. The SMILES string of the molecule is CC1(C)CC2=C3C=CC4[C@@]5(C)CC[C@H](O)C(C)(C)C5CC[C@@]4(C)[C@]3(C)C[C@@H](O)[C@@]23C[C@@H]1OC3=O. The molecule has 0 amide bonds. The molecule has 2 unspecified atom stereocenters. The molecule has 2 N–H and O–H groups in total. The summed E-state index contributed by atoms with van der Waals surface area (Å²) in [7, 11) is 0. The Labute approximate surface area is 205 Å². The molecule has 4 fully saturated rings. The number of hydrogen-bond donors (Lipinski definition) is 2. The van der Waals surface area contributed by atoms with Gasteiger partial charge >= 0.3 is 5.97 Å². The van der Waals surface area contributed by atoms with E-state index < -0.39 is 11.5 Å². The van der Waals surface area contributed by atoms with Crippen LogP contribution in [0.2, 0.25) is 0 Å². The van der Waals surface area contributed by atoms with E-state index in [1.165, 1.54) is 11.1 Å². The highest BCUT2D eigenvalue weighted by atomic mass is 16.6. The predicted octanol–water partition coefficient (Wildman–Crippen LogP) is 5.58. The molecule has 1 heterocycles. The van der Waals surface area contributed by atoms with Crippen LogP contribution in [0, 0.1) is 44.3 Å². The van der Waals surface area contributed by atoms with Crippen LogP contribution in [0.3, 0.4) is 0 Å². The first-order valence-electron chi connectivity index (χ1n) is 13.6. The second-order valence-corrected chi connectivity index (χ2v) is 14.9. The van der Waals surface area contributed by atoms with Gasteiger partial charge < -0.3 is 14.9 Å². The number of carbonyl (C=O) groups is 1. The van der Waals surface area contributed by atoms with Crippen LogP contribution in [0.4, 0.5) is 0 Å². The first-order chi connectivity index (χ1) is 15.6. The van der Waals surface area contributed by atoms with E-state index >= 15 is 0 Å². The number of hydrogen-bond acceptors (Lipinski definition) is 4. The zero-order valence-electron chi connectivity index (χ0n) is 22.2. The molecule has 0 aromatic heterocycles. The van der Waals surface area contributed by atoms with E-state index in [1.54, 1.807) is 0 Å². The summed E-state index contributed by atoms with van der Waals surface area (Å²) < 4.78 is 5.91. The minimum Gasteiger partial charge on any atom is -0.461 e. The van der Waals surface area contributed by atoms with Crippen molar-refractivity contribution in [2.24, 2.45) is 44.3 Å². The minimum absolute atomic E-state index is 0.000202. The van der Waals surface area contributed by atoms with E-state index in [1.807, 2.05) is 0 Å². The first kappa shape index (κ1) is 23.3. The van der Waals surface area contributed by atoms with Gasteiger partial charge in [0.1, 0.15) is 11.5 Å². The summed E-state index contributed by atoms with van der Waals surface area (Å²) in [6.07, 6.45) is 9.96. The van der Waals surface area contributed by atoms with Crippen molar-refractivity contribution < 1.29 is 19.7 Å². The Morgan fingerprint density at radius 1 is 0.941 bits per heavy atom. The van der Waals surface area contributed by atoms with Crippen LogP contribution in [0.1, 0.15) is 93.4 Å². The highest BCUT2D eigenvalue weighted by Gasteiger charge is 2.71. The van der Waals surface area contributed by atoms with E-state index in [4.69, 9.17) is 4.74 Å². The van der Waals surface area contributed by atoms with Crippen LogP contribution in [0.15, 0.2) is 23.3 Å². The zero-order chi connectivity index (χ0) is 24.7. The van der Waals surface area contributed by atoms with Gasteiger partial charge in [-0.05, 0) is 77.8 Å². The van der Waals surface area contributed by atoms with Gasteiger partial charge in [-0.25, -0.2) is 0 Å². The number of esters is 1. The molecule has 3 saturated carbocycles. The number of ether oxygens (including phenoxy) is 1. The number of allylic oxidation sites excluding steroid dienone is 3. The first-order valence-corrected chi connectivity index (χ1v) is 13.6. The smallest absolute Gasteiger partial charge is 0.319 e. The molecule has 0 radical (unpaired) electrons. The third-order valence-corrected chi connectivity index (χ3v) is 12.8. The number of carbonyl (C=O) groups excluding carboxylic acids is 1. The van der Waals surface area contributed by atoms with Crippen LogP contribution in [0.5, 0.6) is 0 Å². The fraction of sp³-hybridized carbons (Fsp3) is 0.833. The van der Waals surface area contributed by atoms with Crippen molar-refractivity contribution >= 4 is 5.97 Å². The van der Waals surface area contributed by atoms with Crippen LogP contribution < -0.4 is 0 Å². The van der Waals surface area contributed by atoms with E-state index in [9.17, 15) is 15.0 Å². The molecule has 0 aromatic rings. The van der Waals surface area contributed by atoms with Crippen molar-refractivity contribution in [1.29, 1.82) is 0 Å². The van der Waals surface area contributed by atoms with E-state index in [0.29, 0.717) is 24.7 Å². The Morgan fingerprint density at radius 2 is 1.65 bits per heavy atom. The maximum atomic E-state index is 13.3. The van der Waals surface area contributed by atoms with Crippen LogP contribution >= 0.6 is 0 Å². The van der Waals surface area contributed by atoms with Crippen molar-refractivity contribution in [3.05, 3.63) is 23.3 Å². The lowest BCUT2D eigenvalue weighted by Crippen LogP contribution is -2.64. The van der Waals surface area contributed by atoms with Crippen LogP contribution in [-0.4, -0.2) is 34.5 Å². The molecule has 2 bridgehead atoms. The molecule has 34 heavy (non-hydrogen) atoms. The van der Waals surface area contributed by atoms with Gasteiger partial charge in [-0.1, -0.05) is 60.6 Å². The van der Waals surface area contributed by atoms with E-state index in [-0.39, 0.29) is 45.3 Å². The largest absolute Gasteiger partial charge is 0.461 e. The second-order valence-electron chi connectivity index (χ2n) is 14.9. The quantitative estimate of drug-likeness (QED) is 0.456. The van der Waals surface area contributed by atoms with Gasteiger partial charge in [0.25, 0.3) is 0 Å². The molecule has 1 spiro atoms. The van der Waals surface area contributed by atoms with Crippen molar-refractivity contribution in [1.82, 2.24) is 0 Å². The minimum atomic E-state index is -0.847. The molecule has 6 rings (SSSR count). The van der Waals surface area contributed by atoms with Gasteiger partial charge in [-0.3, -0.25) is 4.79 Å². The van der Waals surface area contributed by atoms with E-state index in [2.05, 4.69) is 60.6 Å². The summed E-state index contributed by atoms with van der Waals surface area (Å²) in [5.74, 6) is 0.670. The maximum Gasteiger partial charge on any atom is 0.319 e. The second kappa shape index (κ2) is 6.40. The molecule has 1 aliphatic heterocycles. The van der Waals surface area contributed by atoms with E-state index in [0.717, 1.165) is 32.1 Å². The van der Waals surface area contributed by atoms with Gasteiger partial charge in [0.15, 0.2) is 0 Å². The molecule has 9 atom stereocenters. The molecule has 188 valence electrons. The standard InChI is InChI=1S/C30H44O4/c1-25(2)14-18-17-8-9-20-27(5)12-11-21(31)26(3,4)19(27)10-13-28(20,6)29(17,7)15-22(32)30(18)16-23(25)34-24(30)33/h8-9,19-23,31-32H,10-16H2,1-7H3/t19?,20?,21-,22+,23-,27-,28+,29+,30+/m0/s1. The number of aliphatic hydroxyl groups excluding tert-OH is 2. The maximum absolute atomic E-state index is 13.3. The molecule has 4 nitrogen and oxygen atoms in total. The molecule has 0 aromatic carbocycles. The topological polar surface area (TPSA) is 66.8 Å². The number of fused-ring (bicyclic) bond motifs is 6. The molecular weight excluding hydrogens is 424 g/mol. The summed E-state index contributed by atoms with van der Waals surface area (Å²) in [6.45, 7) is 16.3. The van der Waals surface area contributed by atoms with Crippen molar-refractivity contribution in [2.45, 2.75) is 112 Å². The summed E-state index contributed by atoms with van der Waals surface area (Å²) in [4.78, 5) is 13.3. The molecular formula is C30H44O4. The Bertz CT molecular complexity index is 1020. The Balaban J connectivity index is 1.54. The third-order valence-electron chi connectivity index (χ3n) is 12.8. The number of aliphatic hydroxyl groups is 2. The third kappa shape index (κ3) is 2.37. The molecule has 1 saturated heterocycles. The lowest BCUT2D eigenvalue weighted by Gasteiger charge is -2.69.